The zero-order chi connectivity index (χ0) is 19.1. The molecule has 3 rings (SSSR count). The van der Waals surface area contributed by atoms with E-state index in [2.05, 4.69) is 16.3 Å². The van der Waals surface area contributed by atoms with Crippen molar-refractivity contribution in [2.45, 2.75) is 25.7 Å². The highest BCUT2D eigenvalue weighted by atomic mass is 35.5. The van der Waals surface area contributed by atoms with Gasteiger partial charge in [-0.1, -0.05) is 48.5 Å². The molecule has 0 aliphatic rings. The Morgan fingerprint density at radius 1 is 1.07 bits per heavy atom. The van der Waals surface area contributed by atoms with E-state index in [9.17, 15) is 4.79 Å². The molecule has 0 saturated heterocycles. The summed E-state index contributed by atoms with van der Waals surface area (Å²) < 4.78 is 0. The number of nitrogens with two attached hydrogens (primary N) is 1. The molecule has 3 aromatic rings. The summed E-state index contributed by atoms with van der Waals surface area (Å²) in [5.74, 6) is 0.146. The van der Waals surface area contributed by atoms with Gasteiger partial charge in [-0.15, -0.1) is 12.4 Å². The fourth-order valence-corrected chi connectivity index (χ4v) is 3.07. The van der Waals surface area contributed by atoms with Crippen molar-refractivity contribution in [1.29, 1.82) is 0 Å². The molecule has 1 amide bonds. The maximum Gasteiger partial charge on any atom is 0.222 e. The van der Waals surface area contributed by atoms with Gasteiger partial charge in [0, 0.05) is 37.0 Å². The molecule has 6 heteroatoms. The third kappa shape index (κ3) is 5.86. The van der Waals surface area contributed by atoms with E-state index in [4.69, 9.17) is 5.73 Å². The average molecular weight is 399 g/mol. The van der Waals surface area contributed by atoms with Crippen molar-refractivity contribution >= 4 is 24.0 Å². The number of rotatable bonds is 8. The van der Waals surface area contributed by atoms with E-state index in [1.54, 1.807) is 4.90 Å². The van der Waals surface area contributed by atoms with Gasteiger partial charge in [-0.25, -0.2) is 0 Å². The number of hydrogen-bond acceptors (Lipinski definition) is 3. The zero-order valence-electron chi connectivity index (χ0n) is 16.1. The predicted octanol–water partition coefficient (Wildman–Crippen LogP) is 4.10. The van der Waals surface area contributed by atoms with Gasteiger partial charge in [0.1, 0.15) is 0 Å². The Bertz CT molecular complexity index is 879. The minimum Gasteiger partial charge on any atom is -0.399 e. The fourth-order valence-electron chi connectivity index (χ4n) is 3.07. The Kier molecular flexibility index (Phi) is 8.08. The summed E-state index contributed by atoms with van der Waals surface area (Å²) in [4.78, 5) is 14.1. The number of nitrogens with zero attached hydrogens (tertiary/aromatic N) is 2. The lowest BCUT2D eigenvalue weighted by Gasteiger charge is -2.17. The number of carbonyl (C=O) groups excluding carboxylic acids is 1. The molecule has 0 fully saturated rings. The maximum atomic E-state index is 12.3. The molecular formula is C22H27ClN4O. The van der Waals surface area contributed by atoms with Crippen molar-refractivity contribution in [3.05, 3.63) is 71.9 Å². The van der Waals surface area contributed by atoms with Gasteiger partial charge >= 0.3 is 0 Å². The van der Waals surface area contributed by atoms with Gasteiger partial charge in [0.15, 0.2) is 0 Å². The Balaban J connectivity index is 0.00000280. The van der Waals surface area contributed by atoms with Crippen LogP contribution in [0.2, 0.25) is 0 Å². The van der Waals surface area contributed by atoms with Crippen molar-refractivity contribution < 1.29 is 4.79 Å². The van der Waals surface area contributed by atoms with Crippen LogP contribution in [-0.4, -0.2) is 34.6 Å². The molecule has 5 nitrogen and oxygen atoms in total. The first kappa shape index (κ1) is 21.5. The number of H-pyrrole nitrogens is 1. The molecule has 0 aliphatic heterocycles. The second-order valence-electron chi connectivity index (χ2n) is 6.76. The van der Waals surface area contributed by atoms with Crippen LogP contribution in [0, 0.1) is 0 Å². The second-order valence-corrected chi connectivity index (χ2v) is 6.76. The van der Waals surface area contributed by atoms with Crippen LogP contribution in [-0.2, 0) is 17.6 Å². The molecule has 3 N–H and O–H groups in total. The number of anilines is 1. The van der Waals surface area contributed by atoms with Crippen LogP contribution in [0.4, 0.5) is 5.69 Å². The number of aryl methyl sites for hydroxylation is 2. The summed E-state index contributed by atoms with van der Waals surface area (Å²) in [7, 11) is 1.86. The molecule has 148 valence electrons. The highest BCUT2D eigenvalue weighted by molar-refractivity contribution is 5.85. The molecule has 0 radical (unpaired) electrons. The van der Waals surface area contributed by atoms with Crippen LogP contribution in [0.25, 0.3) is 11.3 Å². The molecule has 1 aromatic heterocycles. The molecular weight excluding hydrogens is 372 g/mol. The van der Waals surface area contributed by atoms with Crippen LogP contribution >= 0.6 is 12.4 Å². The summed E-state index contributed by atoms with van der Waals surface area (Å²) in [5, 5.41) is 7.47. The van der Waals surface area contributed by atoms with E-state index in [-0.39, 0.29) is 18.3 Å². The lowest BCUT2D eigenvalue weighted by atomic mass is 10.1. The summed E-state index contributed by atoms with van der Waals surface area (Å²) in [6.07, 6.45) is 2.92. The molecule has 28 heavy (non-hydrogen) atoms. The average Bonchev–Trinajstić information content (AvgIpc) is 3.16. The largest absolute Gasteiger partial charge is 0.399 e. The van der Waals surface area contributed by atoms with E-state index >= 15 is 0 Å². The van der Waals surface area contributed by atoms with Crippen molar-refractivity contribution in [3.63, 3.8) is 0 Å². The fraction of sp³-hybridized carbons (Fsp3) is 0.273. The third-order valence-electron chi connectivity index (χ3n) is 4.73. The monoisotopic (exact) mass is 398 g/mol. The SMILES string of the molecule is CN(CCCc1cc(-c2ccccc2)n[nH]1)C(=O)CCc1ccccc1N.Cl. The number of aromatic nitrogens is 2. The zero-order valence-corrected chi connectivity index (χ0v) is 16.9. The Labute approximate surface area is 172 Å². The highest BCUT2D eigenvalue weighted by Gasteiger charge is 2.10. The van der Waals surface area contributed by atoms with E-state index < -0.39 is 0 Å². The Morgan fingerprint density at radius 3 is 2.54 bits per heavy atom. The smallest absolute Gasteiger partial charge is 0.222 e. The van der Waals surface area contributed by atoms with Gasteiger partial charge in [-0.2, -0.15) is 5.10 Å². The quantitative estimate of drug-likeness (QED) is 0.561. The molecule has 0 bridgehead atoms. The molecule has 0 aliphatic carbocycles. The van der Waals surface area contributed by atoms with Gasteiger partial charge in [0.05, 0.1) is 5.69 Å². The molecule has 0 saturated carbocycles. The first-order valence-electron chi connectivity index (χ1n) is 9.30. The number of nitrogen functional groups attached to an aromatic ring is 1. The van der Waals surface area contributed by atoms with Crippen LogP contribution in [0.15, 0.2) is 60.7 Å². The highest BCUT2D eigenvalue weighted by Crippen LogP contribution is 2.17. The first-order valence-corrected chi connectivity index (χ1v) is 9.30. The van der Waals surface area contributed by atoms with Crippen molar-refractivity contribution in [1.82, 2.24) is 15.1 Å². The van der Waals surface area contributed by atoms with Gasteiger partial charge < -0.3 is 10.6 Å². The minimum absolute atomic E-state index is 0. The van der Waals surface area contributed by atoms with E-state index in [0.29, 0.717) is 12.8 Å². The topological polar surface area (TPSA) is 75.0 Å². The van der Waals surface area contributed by atoms with Gasteiger partial charge in [0.2, 0.25) is 5.91 Å². The predicted molar refractivity (Wildman–Crippen MR) is 116 cm³/mol. The van der Waals surface area contributed by atoms with E-state index in [0.717, 1.165) is 47.6 Å². The lowest BCUT2D eigenvalue weighted by Crippen LogP contribution is -2.28. The number of carbonyl (C=O) groups is 1. The van der Waals surface area contributed by atoms with Crippen LogP contribution in [0.3, 0.4) is 0 Å². The number of benzene rings is 2. The summed E-state index contributed by atoms with van der Waals surface area (Å²) in [6.45, 7) is 0.725. The van der Waals surface area contributed by atoms with Crippen molar-refractivity contribution in [3.8, 4) is 11.3 Å². The van der Waals surface area contributed by atoms with Crippen molar-refractivity contribution in [2.24, 2.45) is 0 Å². The van der Waals surface area contributed by atoms with Crippen LogP contribution < -0.4 is 5.73 Å². The second kappa shape index (κ2) is 10.5. The van der Waals surface area contributed by atoms with Crippen LogP contribution in [0.5, 0.6) is 0 Å². The summed E-state index contributed by atoms with van der Waals surface area (Å²) >= 11 is 0. The van der Waals surface area contributed by atoms with Crippen molar-refractivity contribution in [2.75, 3.05) is 19.3 Å². The van der Waals surface area contributed by atoms with E-state index in [1.807, 2.05) is 61.6 Å². The summed E-state index contributed by atoms with van der Waals surface area (Å²) in [6, 6.07) is 19.9. The molecule has 1 heterocycles. The van der Waals surface area contributed by atoms with E-state index in [1.165, 1.54) is 0 Å². The standard InChI is InChI=1S/C22H26N4O.ClH/c1-26(22(27)14-13-17-8-5-6-12-20(17)23)15-7-11-19-16-21(25-24-19)18-9-3-2-4-10-18;/h2-6,8-10,12,16H,7,11,13-15,23H2,1H3,(H,24,25);1H. The molecule has 0 unspecified atom stereocenters. The van der Waals surface area contributed by atoms with Crippen LogP contribution in [0.1, 0.15) is 24.1 Å². The Hall–Kier alpha value is -2.79. The molecule has 2 aromatic carbocycles. The summed E-state index contributed by atoms with van der Waals surface area (Å²) in [5.41, 5.74) is 10.9. The number of halogens is 1. The number of para-hydroxylation sites is 1. The third-order valence-corrected chi connectivity index (χ3v) is 4.73. The van der Waals surface area contributed by atoms with Gasteiger partial charge in [-0.3, -0.25) is 9.89 Å². The normalized spacial score (nSPS) is 10.3. The Morgan fingerprint density at radius 2 is 1.79 bits per heavy atom. The molecule has 0 spiro atoms. The lowest BCUT2D eigenvalue weighted by molar-refractivity contribution is -0.129. The minimum atomic E-state index is 0. The maximum absolute atomic E-state index is 12.3. The number of aromatic amines is 1. The number of hydrogen-bond donors (Lipinski definition) is 2. The molecule has 0 atom stereocenters. The van der Waals surface area contributed by atoms with Gasteiger partial charge in [0.25, 0.3) is 0 Å². The van der Waals surface area contributed by atoms with Gasteiger partial charge in [-0.05, 0) is 37.0 Å². The number of amides is 1. The number of nitrogens with one attached hydrogen (secondary N) is 1. The first-order chi connectivity index (χ1) is 13.1.